The van der Waals surface area contributed by atoms with Gasteiger partial charge in [-0.3, -0.25) is 14.4 Å². The lowest BCUT2D eigenvalue weighted by molar-refractivity contribution is -0.138. The van der Waals surface area contributed by atoms with Gasteiger partial charge in [0.2, 0.25) is 5.91 Å². The first-order chi connectivity index (χ1) is 14.0. The molecule has 1 aliphatic carbocycles. The molecule has 0 aromatic heterocycles. The number of carbonyl (C=O) groups excluding carboxylic acids is 3. The fourth-order valence-electron chi connectivity index (χ4n) is 3.15. The van der Waals surface area contributed by atoms with Crippen molar-refractivity contribution < 1.29 is 23.5 Å². The van der Waals surface area contributed by atoms with Gasteiger partial charge in [-0.2, -0.15) is 0 Å². The predicted octanol–water partition coefficient (Wildman–Crippen LogP) is 1.52. The minimum atomic E-state index is -0.589. The van der Waals surface area contributed by atoms with Crippen molar-refractivity contribution in [3.8, 4) is 11.8 Å². The Morgan fingerprint density at radius 3 is 2.86 bits per heavy atom. The largest absolute Gasteiger partial charge is 0.359 e. The monoisotopic (exact) mass is 396 g/mol. The maximum Gasteiger partial charge on any atom is 0.299 e. The number of nitrogens with zero attached hydrogens (tertiary/aromatic N) is 2. The highest BCUT2D eigenvalue weighted by Crippen LogP contribution is 2.22. The maximum absolute atomic E-state index is 13.6. The summed E-state index contributed by atoms with van der Waals surface area (Å²) >= 11 is 0. The summed E-state index contributed by atoms with van der Waals surface area (Å²) in [5, 5.41) is 0. The molecule has 3 rings (SSSR count). The van der Waals surface area contributed by atoms with Crippen LogP contribution in [0.2, 0.25) is 0 Å². The smallest absolute Gasteiger partial charge is 0.299 e. The highest BCUT2D eigenvalue weighted by Gasteiger charge is 2.33. The summed E-state index contributed by atoms with van der Waals surface area (Å²) in [6.45, 7) is 0.281. The number of rotatable bonds is 4. The summed E-state index contributed by atoms with van der Waals surface area (Å²) in [5.41, 5.74) is 0.118. The Kier molecular flexibility index (Phi) is 6.57. The number of halogens is 1. The molecule has 0 spiro atoms. The molecule has 0 saturated carbocycles. The van der Waals surface area contributed by atoms with Crippen LogP contribution < -0.4 is 0 Å². The van der Waals surface area contributed by atoms with Gasteiger partial charge >= 0.3 is 0 Å². The molecule has 1 heterocycles. The van der Waals surface area contributed by atoms with E-state index < -0.39 is 11.7 Å². The van der Waals surface area contributed by atoms with E-state index in [-0.39, 0.29) is 42.5 Å². The number of hydrogen-bond donors (Lipinski definition) is 0. The third-order valence-corrected chi connectivity index (χ3v) is 4.81. The van der Waals surface area contributed by atoms with Crippen LogP contribution >= 0.6 is 0 Å². The van der Waals surface area contributed by atoms with Crippen LogP contribution in [-0.2, 0) is 19.1 Å². The molecule has 0 bridgehead atoms. The van der Waals surface area contributed by atoms with E-state index in [0.717, 1.165) is 0 Å². The van der Waals surface area contributed by atoms with Crippen LogP contribution in [0.5, 0.6) is 0 Å². The third-order valence-electron chi connectivity index (χ3n) is 4.81. The van der Waals surface area contributed by atoms with Crippen LogP contribution in [0.4, 0.5) is 4.39 Å². The van der Waals surface area contributed by atoms with Crippen molar-refractivity contribution in [3.05, 3.63) is 60.0 Å². The molecule has 1 aliphatic heterocycles. The first-order valence-corrected chi connectivity index (χ1v) is 9.23. The first-order valence-electron chi connectivity index (χ1n) is 9.23. The van der Waals surface area contributed by atoms with Gasteiger partial charge < -0.3 is 14.5 Å². The molecule has 7 heteroatoms. The zero-order valence-corrected chi connectivity index (χ0v) is 16.0. The first kappa shape index (κ1) is 20.5. The van der Waals surface area contributed by atoms with E-state index in [0.29, 0.717) is 13.0 Å². The summed E-state index contributed by atoms with van der Waals surface area (Å²) in [6, 6.07) is 5.66. The van der Waals surface area contributed by atoms with E-state index in [4.69, 9.17) is 4.74 Å². The van der Waals surface area contributed by atoms with E-state index in [9.17, 15) is 18.8 Å². The molecule has 1 aromatic carbocycles. The average molecular weight is 396 g/mol. The lowest BCUT2D eigenvalue weighted by Gasteiger charge is -2.26. The molecule has 150 valence electrons. The molecular formula is C22H21FN2O4. The van der Waals surface area contributed by atoms with Gasteiger partial charge in [0.25, 0.3) is 5.91 Å². The van der Waals surface area contributed by atoms with E-state index in [1.165, 1.54) is 41.1 Å². The minimum absolute atomic E-state index is 0.00233. The van der Waals surface area contributed by atoms with Crippen LogP contribution in [0.15, 0.2) is 48.6 Å². The van der Waals surface area contributed by atoms with Crippen LogP contribution in [0.25, 0.3) is 0 Å². The predicted molar refractivity (Wildman–Crippen MR) is 104 cm³/mol. The van der Waals surface area contributed by atoms with Crippen molar-refractivity contribution in [1.82, 2.24) is 9.80 Å². The van der Waals surface area contributed by atoms with Gasteiger partial charge in [0.05, 0.1) is 18.2 Å². The standard InChI is InChI=1S/C22H21FN2O4/c1-24(21(27)11-10-16-6-2-4-8-19(16)23)13-22(28)25-15-29-14-18(25)12-17-7-3-5-9-20(17)26/h2-9,17-18H,12-15H2,1H3/t17?,18-/m0/s1. The number of benzene rings is 1. The van der Waals surface area contributed by atoms with Crippen LogP contribution in [0, 0.1) is 23.6 Å². The summed E-state index contributed by atoms with van der Waals surface area (Å²) in [5.74, 6) is 3.17. The maximum atomic E-state index is 13.6. The number of amides is 2. The second kappa shape index (κ2) is 9.30. The van der Waals surface area contributed by atoms with Gasteiger partial charge in [0.15, 0.2) is 5.78 Å². The van der Waals surface area contributed by atoms with Gasteiger partial charge in [-0.25, -0.2) is 4.39 Å². The molecular weight excluding hydrogens is 375 g/mol. The summed E-state index contributed by atoms with van der Waals surface area (Å²) in [6.07, 6.45) is 7.31. The van der Waals surface area contributed by atoms with Gasteiger partial charge in [0.1, 0.15) is 19.1 Å². The zero-order chi connectivity index (χ0) is 20.8. The topological polar surface area (TPSA) is 66.9 Å². The van der Waals surface area contributed by atoms with Gasteiger partial charge in [-0.1, -0.05) is 36.3 Å². The van der Waals surface area contributed by atoms with E-state index in [2.05, 4.69) is 11.8 Å². The molecule has 1 fully saturated rings. The lowest BCUT2D eigenvalue weighted by Crippen LogP contribution is -2.44. The van der Waals surface area contributed by atoms with Crippen LogP contribution in [-0.4, -0.2) is 60.4 Å². The Balaban J connectivity index is 1.58. The second-order valence-electron chi connectivity index (χ2n) is 6.90. The second-order valence-corrected chi connectivity index (χ2v) is 6.90. The molecule has 29 heavy (non-hydrogen) atoms. The molecule has 2 atom stereocenters. The number of carbonyl (C=O) groups is 3. The van der Waals surface area contributed by atoms with Crippen molar-refractivity contribution in [2.24, 2.45) is 5.92 Å². The Bertz CT molecular complexity index is 928. The number of ketones is 1. The summed E-state index contributed by atoms with van der Waals surface area (Å²) in [7, 11) is 1.46. The number of allylic oxidation sites excluding steroid dienone is 4. The minimum Gasteiger partial charge on any atom is -0.359 e. The SMILES string of the molecule is CN(CC(=O)N1COC[C@@H]1CC1C=CC=CC1=O)C(=O)C#Cc1ccccc1F. The van der Waals surface area contributed by atoms with Crippen molar-refractivity contribution >= 4 is 17.6 Å². The molecule has 1 aromatic rings. The molecule has 1 unspecified atom stereocenters. The highest BCUT2D eigenvalue weighted by molar-refractivity contribution is 5.96. The molecule has 1 saturated heterocycles. The molecule has 2 amide bonds. The normalized spacial score (nSPS) is 20.3. The quantitative estimate of drug-likeness (QED) is 0.724. The van der Waals surface area contributed by atoms with Crippen molar-refractivity contribution in [2.45, 2.75) is 12.5 Å². The van der Waals surface area contributed by atoms with Crippen LogP contribution in [0.1, 0.15) is 12.0 Å². The number of likely N-dealkylation sites (N-methyl/N-ethyl adjacent to an activating group) is 1. The average Bonchev–Trinajstić information content (AvgIpc) is 3.17. The van der Waals surface area contributed by atoms with E-state index in [1.807, 2.05) is 12.2 Å². The van der Waals surface area contributed by atoms with Crippen molar-refractivity contribution in [1.29, 1.82) is 0 Å². The third kappa shape index (κ3) is 5.18. The van der Waals surface area contributed by atoms with Crippen molar-refractivity contribution in [3.63, 3.8) is 0 Å². The van der Waals surface area contributed by atoms with E-state index >= 15 is 0 Å². The zero-order valence-electron chi connectivity index (χ0n) is 16.0. The van der Waals surface area contributed by atoms with Crippen molar-refractivity contribution in [2.75, 3.05) is 26.9 Å². The van der Waals surface area contributed by atoms with Crippen LogP contribution in [0.3, 0.4) is 0 Å². The van der Waals surface area contributed by atoms with Gasteiger partial charge in [-0.15, -0.1) is 0 Å². The molecule has 0 radical (unpaired) electrons. The molecule has 2 aliphatic rings. The Labute approximate surface area is 168 Å². The molecule has 6 nitrogen and oxygen atoms in total. The van der Waals surface area contributed by atoms with Gasteiger partial charge in [-0.05, 0) is 24.6 Å². The highest BCUT2D eigenvalue weighted by atomic mass is 19.1. The Morgan fingerprint density at radius 1 is 1.31 bits per heavy atom. The number of hydrogen-bond acceptors (Lipinski definition) is 4. The Morgan fingerprint density at radius 2 is 2.10 bits per heavy atom. The lowest BCUT2D eigenvalue weighted by atomic mass is 9.92. The molecule has 0 N–H and O–H groups in total. The summed E-state index contributed by atoms with van der Waals surface area (Å²) in [4.78, 5) is 39.5. The number of ether oxygens (including phenoxy) is 1. The fraction of sp³-hybridized carbons (Fsp3) is 0.318. The van der Waals surface area contributed by atoms with E-state index in [1.54, 1.807) is 12.1 Å². The fourth-order valence-corrected chi connectivity index (χ4v) is 3.15. The Hall–Kier alpha value is -3.24. The van der Waals surface area contributed by atoms with Gasteiger partial charge in [0, 0.05) is 18.9 Å². The summed E-state index contributed by atoms with van der Waals surface area (Å²) < 4.78 is 19.0.